The summed E-state index contributed by atoms with van der Waals surface area (Å²) in [6, 6.07) is 44.3. The fraction of sp³-hybridized carbons (Fsp3) is 0.143. The van der Waals surface area contributed by atoms with Crippen LogP contribution in [0.3, 0.4) is 0 Å². The van der Waals surface area contributed by atoms with E-state index in [1.165, 1.54) is 77.2 Å². The molecule has 2 aliphatic rings. The number of halogens is 2. The zero-order chi connectivity index (χ0) is 31.8. The van der Waals surface area contributed by atoms with E-state index in [4.69, 9.17) is 17.2 Å². The maximum atomic E-state index is 8.55. The van der Waals surface area contributed by atoms with Gasteiger partial charge in [0.25, 0.3) is 0 Å². The Balaban J connectivity index is 1.33. The van der Waals surface area contributed by atoms with Gasteiger partial charge in [-0.05, 0) is 0 Å². The molecule has 0 N–H and O–H groups in total. The van der Waals surface area contributed by atoms with Crippen molar-refractivity contribution in [3.05, 3.63) is 155 Å². The van der Waals surface area contributed by atoms with Gasteiger partial charge in [0.2, 0.25) is 0 Å². The van der Waals surface area contributed by atoms with Crippen molar-refractivity contribution in [2.75, 3.05) is 0 Å². The Labute approximate surface area is 281 Å². The summed E-state index contributed by atoms with van der Waals surface area (Å²) in [7, 11) is 15.1. The Morgan fingerprint density at radius 3 is 1.28 bits per heavy atom. The van der Waals surface area contributed by atoms with Gasteiger partial charge in [-0.25, -0.2) is 0 Å². The molecule has 0 spiro atoms. The first-order valence-electron chi connectivity index (χ1n) is 16.1. The molecule has 0 bridgehead atoms. The van der Waals surface area contributed by atoms with Crippen molar-refractivity contribution in [1.29, 1.82) is 0 Å². The summed E-state index contributed by atoms with van der Waals surface area (Å²) in [6.07, 6.45) is 4.83. The Hall–Kier alpha value is -2.69. The van der Waals surface area contributed by atoms with E-state index in [0.717, 1.165) is 0 Å². The van der Waals surface area contributed by atoms with Crippen molar-refractivity contribution in [1.82, 2.24) is 0 Å². The van der Waals surface area contributed by atoms with E-state index in [9.17, 15) is 0 Å². The molecule has 0 saturated heterocycles. The first kappa shape index (κ1) is 30.6. The summed E-state index contributed by atoms with van der Waals surface area (Å²) in [5, 5.41) is 5.07. The van der Waals surface area contributed by atoms with Crippen LogP contribution in [0.1, 0.15) is 43.5 Å². The zero-order valence-electron chi connectivity index (χ0n) is 26.6. The first-order valence-corrected chi connectivity index (χ1v) is 43.8. The average Bonchev–Trinajstić information content (AvgIpc) is 3.60. The second kappa shape index (κ2) is 11.2. The molecule has 0 saturated carbocycles. The van der Waals surface area contributed by atoms with Gasteiger partial charge in [0.15, 0.2) is 0 Å². The van der Waals surface area contributed by atoms with Gasteiger partial charge in [-0.3, -0.25) is 0 Å². The monoisotopic (exact) mass is 864 g/mol. The molecule has 4 heteroatoms. The van der Waals surface area contributed by atoms with Crippen LogP contribution in [0.25, 0.3) is 56.0 Å². The van der Waals surface area contributed by atoms with E-state index in [-0.39, 0.29) is 7.35 Å². The molecule has 6 aromatic rings. The standard InChI is InChI=1S/2C20H15.C2H6Ge.2ClH.Hf/c2*1-14-12-16-8-5-11-19(20(16)13-14)18-10-4-7-15-6-2-3-9-17(15)18;1-3-2;;;/h2*2-13H,1H3;1-2H3;2*1H;/q;;;;;+2/p-2. The van der Waals surface area contributed by atoms with Gasteiger partial charge >= 0.3 is 284 Å². The van der Waals surface area contributed by atoms with Gasteiger partial charge in [0.05, 0.1) is 0 Å². The molecule has 0 fully saturated rings. The van der Waals surface area contributed by atoms with Crippen LogP contribution in [-0.2, 0) is 13.0 Å². The number of allylic oxidation sites excluding steroid dienone is 2. The SMILES string of the molecule is CC1=Cc2c(-c3cccc4ccccc34)cccc2[CH]1[Hf]([Cl])([Cl])([CH]1C(C)=Cc2c(-c3cccc4ccccc34)cccc21)=[Ge]([CH3])[CH3]. The summed E-state index contributed by atoms with van der Waals surface area (Å²) >= 11 is -4.90. The minimum atomic E-state index is -4.90. The van der Waals surface area contributed by atoms with Crippen molar-refractivity contribution in [3.63, 3.8) is 0 Å². The van der Waals surface area contributed by atoms with Crippen LogP contribution in [-0.4, -0.2) is 10.1 Å². The number of fused-ring (bicyclic) bond motifs is 4. The Morgan fingerprint density at radius 2 is 0.848 bits per heavy atom. The molecule has 226 valence electrons. The second-order valence-corrected chi connectivity index (χ2v) is 93.1. The third kappa shape index (κ3) is 4.42. The first-order chi connectivity index (χ1) is 22.2. The van der Waals surface area contributed by atoms with Crippen molar-refractivity contribution in [3.8, 4) is 22.3 Å². The van der Waals surface area contributed by atoms with Crippen LogP contribution in [0.5, 0.6) is 0 Å². The summed E-state index contributed by atoms with van der Waals surface area (Å²) < 4.78 is 0.187. The topological polar surface area (TPSA) is 0 Å². The van der Waals surface area contributed by atoms with E-state index >= 15 is 0 Å². The van der Waals surface area contributed by atoms with Crippen LogP contribution in [0, 0.1) is 0 Å². The van der Waals surface area contributed by atoms with E-state index in [0.29, 0.717) is 0 Å². The van der Waals surface area contributed by atoms with E-state index in [1.807, 2.05) is 0 Å². The molecular formula is C42H36Cl2GeHf. The molecule has 8 rings (SSSR count). The summed E-state index contributed by atoms with van der Waals surface area (Å²) in [4.78, 5) is 0. The van der Waals surface area contributed by atoms with Gasteiger partial charge in [-0.2, -0.15) is 0 Å². The molecule has 0 heterocycles. The molecule has 46 heavy (non-hydrogen) atoms. The van der Waals surface area contributed by atoms with Crippen LogP contribution in [0.4, 0.5) is 0 Å². The molecule has 6 aromatic carbocycles. The van der Waals surface area contributed by atoms with Crippen molar-refractivity contribution in [2.24, 2.45) is 0 Å². The maximum absolute atomic E-state index is 8.55. The molecule has 2 unspecified atom stereocenters. The second-order valence-electron chi connectivity index (χ2n) is 13.5. The van der Waals surface area contributed by atoms with Gasteiger partial charge in [0, 0.05) is 0 Å². The molecule has 2 atom stereocenters. The van der Waals surface area contributed by atoms with E-state index in [1.54, 1.807) is 0 Å². The normalized spacial score (nSPS) is 17.5. The summed E-state index contributed by atoms with van der Waals surface area (Å²) in [6.45, 7) is 4.58. The minimum absolute atomic E-state index is 0.0933. The summed E-state index contributed by atoms with van der Waals surface area (Å²) in [5.41, 5.74) is 13.0. The molecule has 0 aromatic heterocycles. The molecular weight excluding hydrogens is 826 g/mol. The van der Waals surface area contributed by atoms with Crippen LogP contribution >= 0.6 is 17.2 Å². The van der Waals surface area contributed by atoms with Crippen molar-refractivity contribution in [2.45, 2.75) is 32.7 Å². The number of hydrogen-bond donors (Lipinski definition) is 0. The molecule has 0 nitrogen and oxygen atoms in total. The number of hydrogen-bond acceptors (Lipinski definition) is 0. The molecule has 0 radical (unpaired) electrons. The van der Waals surface area contributed by atoms with Crippen molar-refractivity contribution < 1.29 is 13.0 Å². The molecule has 0 amide bonds. The van der Waals surface area contributed by atoms with Gasteiger partial charge in [-0.1, -0.05) is 0 Å². The third-order valence-electron chi connectivity index (χ3n) is 10.7. The van der Waals surface area contributed by atoms with Crippen molar-refractivity contribution >= 4 is 60.9 Å². The van der Waals surface area contributed by atoms with E-state index < -0.39 is 23.1 Å². The quantitative estimate of drug-likeness (QED) is 0.155. The van der Waals surface area contributed by atoms with Crippen LogP contribution < -0.4 is 0 Å². The fourth-order valence-corrected chi connectivity index (χ4v) is 69.0. The fourth-order valence-electron chi connectivity index (χ4n) is 8.64. The average molecular weight is 863 g/mol. The Bertz CT molecular complexity index is 2220. The third-order valence-corrected chi connectivity index (χ3v) is 113. The molecule has 0 aliphatic heterocycles. The number of benzene rings is 6. The Kier molecular flexibility index (Phi) is 7.46. The van der Waals surface area contributed by atoms with Gasteiger partial charge in [-0.15, -0.1) is 0 Å². The number of rotatable bonds is 4. The van der Waals surface area contributed by atoms with Gasteiger partial charge < -0.3 is 0 Å². The predicted molar refractivity (Wildman–Crippen MR) is 201 cm³/mol. The molecule has 2 aliphatic carbocycles. The predicted octanol–water partition coefficient (Wildman–Crippen LogP) is 13.2. The zero-order valence-corrected chi connectivity index (χ0v) is 33.8. The van der Waals surface area contributed by atoms with E-state index in [2.05, 4.69) is 159 Å². The summed E-state index contributed by atoms with van der Waals surface area (Å²) in [5.74, 6) is 4.91. The Morgan fingerprint density at radius 1 is 0.478 bits per heavy atom. The van der Waals surface area contributed by atoms with Crippen LogP contribution in [0.2, 0.25) is 11.5 Å². The van der Waals surface area contributed by atoms with Crippen LogP contribution in [0.15, 0.2) is 132 Å². The van der Waals surface area contributed by atoms with Gasteiger partial charge in [0.1, 0.15) is 0 Å².